The van der Waals surface area contributed by atoms with Crippen molar-refractivity contribution in [2.75, 3.05) is 0 Å². The van der Waals surface area contributed by atoms with Crippen LogP contribution in [-0.2, 0) is 0 Å². The highest BCUT2D eigenvalue weighted by molar-refractivity contribution is 6.30. The SMILES string of the molecule is CC(N[C@@H](C)c1ccccc1)c1ccc(Cl)cc1. The van der Waals surface area contributed by atoms with Gasteiger partial charge >= 0.3 is 0 Å². The lowest BCUT2D eigenvalue weighted by Crippen LogP contribution is -2.22. The molecule has 1 unspecified atom stereocenters. The standard InChI is InChI=1S/C16H18ClN/c1-12(14-6-4-3-5-7-14)18-13(2)15-8-10-16(17)11-9-15/h3-13,18H,1-2H3/t12-,13?/m0/s1. The monoisotopic (exact) mass is 259 g/mol. The molecule has 1 nitrogen and oxygen atoms in total. The van der Waals surface area contributed by atoms with Gasteiger partial charge in [-0.2, -0.15) is 0 Å². The number of hydrogen-bond donors (Lipinski definition) is 1. The van der Waals surface area contributed by atoms with Gasteiger partial charge in [0.15, 0.2) is 0 Å². The first kappa shape index (κ1) is 13.1. The molecule has 0 spiro atoms. The van der Waals surface area contributed by atoms with E-state index < -0.39 is 0 Å². The second-order valence-corrected chi connectivity index (χ2v) is 5.01. The first-order chi connectivity index (χ1) is 8.66. The van der Waals surface area contributed by atoms with Crippen LogP contribution < -0.4 is 5.32 Å². The molecule has 0 heterocycles. The van der Waals surface area contributed by atoms with E-state index in [1.165, 1.54) is 11.1 Å². The van der Waals surface area contributed by atoms with Gasteiger partial charge in [-0.15, -0.1) is 0 Å². The molecule has 2 aromatic rings. The van der Waals surface area contributed by atoms with Crippen LogP contribution in [0.25, 0.3) is 0 Å². The van der Waals surface area contributed by atoms with Gasteiger partial charge in [-0.1, -0.05) is 54.1 Å². The Morgan fingerprint density at radius 2 is 1.28 bits per heavy atom. The average Bonchev–Trinajstić information content (AvgIpc) is 2.40. The molecule has 0 aliphatic carbocycles. The zero-order valence-corrected chi connectivity index (χ0v) is 11.5. The zero-order chi connectivity index (χ0) is 13.0. The van der Waals surface area contributed by atoms with E-state index in [2.05, 4.69) is 55.6 Å². The van der Waals surface area contributed by atoms with Gasteiger partial charge in [-0.25, -0.2) is 0 Å². The highest BCUT2D eigenvalue weighted by Crippen LogP contribution is 2.20. The van der Waals surface area contributed by atoms with Crippen LogP contribution >= 0.6 is 11.6 Å². The van der Waals surface area contributed by atoms with Crippen LogP contribution in [0.1, 0.15) is 37.1 Å². The molecule has 0 saturated heterocycles. The molecule has 18 heavy (non-hydrogen) atoms. The van der Waals surface area contributed by atoms with Gasteiger partial charge in [0.05, 0.1) is 0 Å². The van der Waals surface area contributed by atoms with E-state index in [9.17, 15) is 0 Å². The summed E-state index contributed by atoms with van der Waals surface area (Å²) in [4.78, 5) is 0. The molecule has 0 bridgehead atoms. The molecular weight excluding hydrogens is 242 g/mol. The fourth-order valence-corrected chi connectivity index (χ4v) is 2.19. The van der Waals surface area contributed by atoms with Crippen molar-refractivity contribution in [1.82, 2.24) is 5.32 Å². The van der Waals surface area contributed by atoms with E-state index in [-0.39, 0.29) is 0 Å². The van der Waals surface area contributed by atoms with Crippen molar-refractivity contribution in [3.05, 3.63) is 70.7 Å². The molecule has 0 aliphatic rings. The maximum absolute atomic E-state index is 5.90. The van der Waals surface area contributed by atoms with Crippen LogP contribution in [0.4, 0.5) is 0 Å². The molecule has 0 radical (unpaired) electrons. The minimum Gasteiger partial charge on any atom is -0.304 e. The predicted molar refractivity (Wildman–Crippen MR) is 77.9 cm³/mol. The minimum absolute atomic E-state index is 0.303. The molecule has 0 fully saturated rings. The molecule has 0 saturated carbocycles. The van der Waals surface area contributed by atoms with Crippen molar-refractivity contribution in [3.63, 3.8) is 0 Å². The zero-order valence-electron chi connectivity index (χ0n) is 10.7. The van der Waals surface area contributed by atoms with E-state index in [1.54, 1.807) is 0 Å². The van der Waals surface area contributed by atoms with Gasteiger partial charge in [-0.3, -0.25) is 0 Å². The Labute approximate surface area is 114 Å². The Bertz CT molecular complexity index is 478. The molecular formula is C16H18ClN. The topological polar surface area (TPSA) is 12.0 Å². The third-order valence-corrected chi connectivity index (χ3v) is 3.42. The quantitative estimate of drug-likeness (QED) is 0.835. The van der Waals surface area contributed by atoms with Gasteiger partial charge in [0.2, 0.25) is 0 Å². The summed E-state index contributed by atoms with van der Waals surface area (Å²) in [7, 11) is 0. The molecule has 0 aromatic heterocycles. The third kappa shape index (κ3) is 3.34. The second kappa shape index (κ2) is 6.03. The Morgan fingerprint density at radius 1 is 0.778 bits per heavy atom. The first-order valence-electron chi connectivity index (χ1n) is 6.23. The molecule has 2 rings (SSSR count). The summed E-state index contributed by atoms with van der Waals surface area (Å²) in [6, 6.07) is 19.1. The Balaban J connectivity index is 2.03. The van der Waals surface area contributed by atoms with Crippen molar-refractivity contribution in [3.8, 4) is 0 Å². The van der Waals surface area contributed by atoms with Gasteiger partial charge < -0.3 is 5.32 Å². The number of nitrogens with one attached hydrogen (secondary N) is 1. The second-order valence-electron chi connectivity index (χ2n) is 4.57. The maximum atomic E-state index is 5.90. The van der Waals surface area contributed by atoms with Gasteiger partial charge in [0.1, 0.15) is 0 Å². The van der Waals surface area contributed by atoms with Crippen molar-refractivity contribution >= 4 is 11.6 Å². The normalized spacial score (nSPS) is 14.2. The van der Waals surface area contributed by atoms with Gasteiger partial charge in [-0.05, 0) is 37.1 Å². The minimum atomic E-state index is 0.303. The summed E-state index contributed by atoms with van der Waals surface area (Å²) in [5.74, 6) is 0. The van der Waals surface area contributed by atoms with Crippen LogP contribution in [0.5, 0.6) is 0 Å². The lowest BCUT2D eigenvalue weighted by atomic mass is 10.0. The van der Waals surface area contributed by atoms with Crippen LogP contribution in [0.15, 0.2) is 54.6 Å². The fourth-order valence-electron chi connectivity index (χ4n) is 2.06. The van der Waals surface area contributed by atoms with Crippen molar-refractivity contribution in [2.45, 2.75) is 25.9 Å². The maximum Gasteiger partial charge on any atom is 0.0406 e. The van der Waals surface area contributed by atoms with Gasteiger partial charge in [0, 0.05) is 17.1 Å². The summed E-state index contributed by atoms with van der Waals surface area (Å²) in [5, 5.41) is 4.37. The summed E-state index contributed by atoms with van der Waals surface area (Å²) >= 11 is 5.90. The summed E-state index contributed by atoms with van der Waals surface area (Å²) in [5.41, 5.74) is 2.56. The van der Waals surface area contributed by atoms with Crippen LogP contribution in [-0.4, -0.2) is 0 Å². The smallest absolute Gasteiger partial charge is 0.0406 e. The predicted octanol–water partition coefficient (Wildman–Crippen LogP) is 4.75. The van der Waals surface area contributed by atoms with E-state index in [0.29, 0.717) is 12.1 Å². The van der Waals surface area contributed by atoms with Crippen molar-refractivity contribution < 1.29 is 0 Å². The van der Waals surface area contributed by atoms with Crippen molar-refractivity contribution in [2.24, 2.45) is 0 Å². The number of halogens is 1. The molecule has 2 aromatic carbocycles. The molecule has 0 amide bonds. The van der Waals surface area contributed by atoms with Crippen LogP contribution in [0.2, 0.25) is 5.02 Å². The Kier molecular flexibility index (Phi) is 4.40. The fraction of sp³-hybridized carbons (Fsp3) is 0.250. The molecule has 2 heteroatoms. The summed E-state index contributed by atoms with van der Waals surface area (Å²) in [6.45, 7) is 4.35. The lowest BCUT2D eigenvalue weighted by Gasteiger charge is -2.20. The van der Waals surface area contributed by atoms with Crippen molar-refractivity contribution in [1.29, 1.82) is 0 Å². The Hall–Kier alpha value is -1.31. The van der Waals surface area contributed by atoms with Gasteiger partial charge in [0.25, 0.3) is 0 Å². The largest absolute Gasteiger partial charge is 0.304 e. The number of benzene rings is 2. The van der Waals surface area contributed by atoms with E-state index in [0.717, 1.165) is 5.02 Å². The molecule has 94 valence electrons. The summed E-state index contributed by atoms with van der Waals surface area (Å²) in [6.07, 6.45) is 0. The highest BCUT2D eigenvalue weighted by atomic mass is 35.5. The third-order valence-electron chi connectivity index (χ3n) is 3.17. The number of hydrogen-bond acceptors (Lipinski definition) is 1. The molecule has 1 N–H and O–H groups in total. The Morgan fingerprint density at radius 3 is 1.83 bits per heavy atom. The summed E-state index contributed by atoms with van der Waals surface area (Å²) < 4.78 is 0. The van der Waals surface area contributed by atoms with E-state index in [4.69, 9.17) is 11.6 Å². The van der Waals surface area contributed by atoms with E-state index >= 15 is 0 Å². The average molecular weight is 260 g/mol. The molecule has 2 atom stereocenters. The first-order valence-corrected chi connectivity index (χ1v) is 6.61. The number of rotatable bonds is 4. The lowest BCUT2D eigenvalue weighted by molar-refractivity contribution is 0.495. The van der Waals surface area contributed by atoms with E-state index in [1.807, 2.05) is 18.2 Å². The van der Waals surface area contributed by atoms with Crippen LogP contribution in [0, 0.1) is 0 Å². The molecule has 0 aliphatic heterocycles. The van der Waals surface area contributed by atoms with Crippen LogP contribution in [0.3, 0.4) is 0 Å². The highest BCUT2D eigenvalue weighted by Gasteiger charge is 2.10.